The molecule has 1 aliphatic carbocycles. The highest BCUT2D eigenvalue weighted by Crippen LogP contribution is 2.32. The average molecular weight is 309 g/mol. The van der Waals surface area contributed by atoms with Crippen molar-refractivity contribution in [2.24, 2.45) is 0 Å². The second-order valence-electron chi connectivity index (χ2n) is 5.70. The maximum atomic E-state index is 12.6. The molecule has 0 saturated heterocycles. The Morgan fingerprint density at radius 3 is 2.57 bits per heavy atom. The Morgan fingerprint density at radius 1 is 1.09 bits per heavy atom. The van der Waals surface area contributed by atoms with Crippen molar-refractivity contribution < 1.29 is 14.3 Å². The molecular weight excluding hydrogens is 290 g/mol. The molecule has 1 amide bonds. The maximum Gasteiger partial charge on any atom is 0.337 e. The minimum absolute atomic E-state index is 0.00275. The number of rotatable bonds is 3. The van der Waals surface area contributed by atoms with Crippen LogP contribution in [0.4, 0.5) is 5.69 Å². The normalized spacial score (nSPS) is 16.3. The van der Waals surface area contributed by atoms with E-state index in [0.29, 0.717) is 11.3 Å². The number of carbonyl (C=O) groups excluding carboxylic acids is 2. The van der Waals surface area contributed by atoms with Crippen LogP contribution in [0.3, 0.4) is 0 Å². The van der Waals surface area contributed by atoms with Crippen molar-refractivity contribution in [2.75, 3.05) is 12.4 Å². The molecule has 0 heterocycles. The SMILES string of the molecule is COC(=O)c1ccc(NC(=O)C2CCCc3ccccc32)cc1. The van der Waals surface area contributed by atoms with E-state index in [4.69, 9.17) is 0 Å². The number of methoxy groups -OCH3 is 1. The van der Waals surface area contributed by atoms with Crippen LogP contribution in [0, 0.1) is 0 Å². The summed E-state index contributed by atoms with van der Waals surface area (Å²) in [6.07, 6.45) is 2.92. The summed E-state index contributed by atoms with van der Waals surface area (Å²) in [4.78, 5) is 24.0. The van der Waals surface area contributed by atoms with Crippen LogP contribution in [0.25, 0.3) is 0 Å². The van der Waals surface area contributed by atoms with E-state index in [9.17, 15) is 9.59 Å². The summed E-state index contributed by atoms with van der Waals surface area (Å²) in [5.74, 6) is -0.493. The van der Waals surface area contributed by atoms with Crippen LogP contribution >= 0.6 is 0 Å². The molecule has 118 valence electrons. The molecule has 4 nitrogen and oxygen atoms in total. The number of carbonyl (C=O) groups is 2. The summed E-state index contributed by atoms with van der Waals surface area (Å²) < 4.78 is 4.67. The van der Waals surface area contributed by atoms with Gasteiger partial charge >= 0.3 is 5.97 Å². The largest absolute Gasteiger partial charge is 0.465 e. The second kappa shape index (κ2) is 6.65. The van der Waals surface area contributed by atoms with E-state index < -0.39 is 0 Å². The molecule has 4 heteroatoms. The summed E-state index contributed by atoms with van der Waals surface area (Å²) in [5.41, 5.74) is 3.54. The van der Waals surface area contributed by atoms with Gasteiger partial charge in [-0.2, -0.15) is 0 Å². The average Bonchev–Trinajstić information content (AvgIpc) is 2.61. The summed E-state index contributed by atoms with van der Waals surface area (Å²) in [5, 5.41) is 2.95. The topological polar surface area (TPSA) is 55.4 Å². The fraction of sp³-hybridized carbons (Fsp3) is 0.263. The Hall–Kier alpha value is -2.62. The number of ether oxygens (including phenoxy) is 1. The first-order valence-electron chi connectivity index (χ1n) is 7.76. The third kappa shape index (κ3) is 3.26. The van der Waals surface area contributed by atoms with Crippen LogP contribution in [0.5, 0.6) is 0 Å². The van der Waals surface area contributed by atoms with Crippen molar-refractivity contribution in [3.05, 3.63) is 65.2 Å². The Bertz CT molecular complexity index is 722. The number of hydrogen-bond acceptors (Lipinski definition) is 3. The molecule has 0 fully saturated rings. The van der Waals surface area contributed by atoms with Crippen molar-refractivity contribution >= 4 is 17.6 Å². The zero-order valence-electron chi connectivity index (χ0n) is 13.0. The number of benzene rings is 2. The molecule has 0 bridgehead atoms. The summed E-state index contributed by atoms with van der Waals surface area (Å²) in [6, 6.07) is 14.9. The first kappa shape index (κ1) is 15.3. The van der Waals surface area contributed by atoms with Gasteiger partial charge in [-0.1, -0.05) is 24.3 Å². The predicted octanol–water partition coefficient (Wildman–Crippen LogP) is 3.53. The first-order chi connectivity index (χ1) is 11.2. The fourth-order valence-corrected chi connectivity index (χ4v) is 3.06. The molecule has 1 N–H and O–H groups in total. The molecular formula is C19H19NO3. The Balaban J connectivity index is 1.74. The van der Waals surface area contributed by atoms with Crippen molar-refractivity contribution in [3.8, 4) is 0 Å². The van der Waals surface area contributed by atoms with Crippen LogP contribution < -0.4 is 5.32 Å². The van der Waals surface area contributed by atoms with Gasteiger partial charge in [-0.15, -0.1) is 0 Å². The number of fused-ring (bicyclic) bond motifs is 1. The highest BCUT2D eigenvalue weighted by Gasteiger charge is 2.26. The van der Waals surface area contributed by atoms with Crippen LogP contribution in [-0.2, 0) is 16.0 Å². The van der Waals surface area contributed by atoms with Crippen LogP contribution in [-0.4, -0.2) is 19.0 Å². The van der Waals surface area contributed by atoms with Gasteiger partial charge in [0.25, 0.3) is 0 Å². The van der Waals surface area contributed by atoms with E-state index in [1.165, 1.54) is 12.7 Å². The van der Waals surface area contributed by atoms with Gasteiger partial charge in [0.15, 0.2) is 0 Å². The number of anilines is 1. The van der Waals surface area contributed by atoms with Gasteiger partial charge < -0.3 is 10.1 Å². The number of aryl methyl sites for hydroxylation is 1. The van der Waals surface area contributed by atoms with E-state index in [0.717, 1.165) is 24.8 Å². The fourth-order valence-electron chi connectivity index (χ4n) is 3.06. The van der Waals surface area contributed by atoms with Crippen molar-refractivity contribution in [2.45, 2.75) is 25.2 Å². The standard InChI is InChI=1S/C19H19NO3/c1-23-19(22)14-9-11-15(12-10-14)20-18(21)17-8-4-6-13-5-2-3-7-16(13)17/h2-3,5,7,9-12,17H,4,6,8H2,1H3,(H,20,21). The van der Waals surface area contributed by atoms with Gasteiger partial charge in [0.1, 0.15) is 0 Å². The lowest BCUT2D eigenvalue weighted by Crippen LogP contribution is -2.24. The summed E-state index contributed by atoms with van der Waals surface area (Å²) in [7, 11) is 1.35. The van der Waals surface area contributed by atoms with Crippen molar-refractivity contribution in [1.82, 2.24) is 0 Å². The van der Waals surface area contributed by atoms with E-state index in [1.807, 2.05) is 18.2 Å². The number of nitrogens with one attached hydrogen (secondary N) is 1. The van der Waals surface area contributed by atoms with E-state index in [1.54, 1.807) is 24.3 Å². The Morgan fingerprint density at radius 2 is 1.83 bits per heavy atom. The zero-order valence-corrected chi connectivity index (χ0v) is 13.0. The van der Waals surface area contributed by atoms with Gasteiger partial charge in [-0.05, 0) is 54.7 Å². The third-order valence-electron chi connectivity index (χ3n) is 4.26. The molecule has 0 spiro atoms. The summed E-state index contributed by atoms with van der Waals surface area (Å²) >= 11 is 0. The third-order valence-corrected chi connectivity index (χ3v) is 4.26. The van der Waals surface area contributed by atoms with Gasteiger partial charge in [0.2, 0.25) is 5.91 Å². The second-order valence-corrected chi connectivity index (χ2v) is 5.70. The molecule has 1 unspecified atom stereocenters. The van der Waals surface area contributed by atoms with Crippen molar-refractivity contribution in [1.29, 1.82) is 0 Å². The van der Waals surface area contributed by atoms with E-state index in [2.05, 4.69) is 16.1 Å². The predicted molar refractivity (Wildman–Crippen MR) is 88.5 cm³/mol. The molecule has 3 rings (SSSR count). The molecule has 2 aromatic carbocycles. The van der Waals surface area contributed by atoms with Crippen molar-refractivity contribution in [3.63, 3.8) is 0 Å². The number of hydrogen-bond donors (Lipinski definition) is 1. The quantitative estimate of drug-likeness (QED) is 0.882. The summed E-state index contributed by atoms with van der Waals surface area (Å²) in [6.45, 7) is 0. The zero-order chi connectivity index (χ0) is 16.2. The van der Waals surface area contributed by atoms with Crippen LogP contribution in [0.15, 0.2) is 48.5 Å². The Kier molecular flexibility index (Phi) is 4.42. The van der Waals surface area contributed by atoms with Gasteiger partial charge in [-0.25, -0.2) is 4.79 Å². The van der Waals surface area contributed by atoms with Gasteiger partial charge in [0, 0.05) is 5.69 Å². The minimum atomic E-state index is -0.385. The Labute approximate surface area is 135 Å². The molecule has 0 aromatic heterocycles. The first-order valence-corrected chi connectivity index (χ1v) is 7.76. The smallest absolute Gasteiger partial charge is 0.337 e. The van der Waals surface area contributed by atoms with Crippen LogP contribution in [0.2, 0.25) is 0 Å². The molecule has 0 aliphatic heterocycles. The van der Waals surface area contributed by atoms with Gasteiger partial charge in [0.05, 0.1) is 18.6 Å². The lowest BCUT2D eigenvalue weighted by Gasteiger charge is -2.24. The number of esters is 1. The lowest BCUT2D eigenvalue weighted by atomic mass is 9.82. The minimum Gasteiger partial charge on any atom is -0.465 e. The number of amides is 1. The molecule has 23 heavy (non-hydrogen) atoms. The maximum absolute atomic E-state index is 12.6. The van der Waals surface area contributed by atoms with Crippen LogP contribution in [0.1, 0.15) is 40.2 Å². The highest BCUT2D eigenvalue weighted by atomic mass is 16.5. The van der Waals surface area contributed by atoms with Gasteiger partial charge in [-0.3, -0.25) is 4.79 Å². The molecule has 1 atom stereocenters. The molecule has 0 saturated carbocycles. The monoisotopic (exact) mass is 309 g/mol. The van der Waals surface area contributed by atoms with E-state index in [-0.39, 0.29) is 17.8 Å². The van der Waals surface area contributed by atoms with E-state index >= 15 is 0 Å². The molecule has 0 radical (unpaired) electrons. The lowest BCUT2D eigenvalue weighted by molar-refractivity contribution is -0.117. The molecule has 1 aliphatic rings. The highest BCUT2D eigenvalue weighted by molar-refractivity contribution is 5.97. The molecule has 2 aromatic rings.